The van der Waals surface area contributed by atoms with Crippen molar-refractivity contribution < 1.29 is 8.42 Å². The second kappa shape index (κ2) is 6.73. The summed E-state index contributed by atoms with van der Waals surface area (Å²) in [6, 6.07) is 8.25. The van der Waals surface area contributed by atoms with Crippen molar-refractivity contribution in [3.8, 4) is 0 Å². The lowest BCUT2D eigenvalue weighted by atomic mass is 10.1. The third kappa shape index (κ3) is 4.40. The third-order valence-electron chi connectivity index (χ3n) is 3.19. The smallest absolute Gasteiger partial charge is 0.236 e. The number of aromatic nitrogens is 1. The Morgan fingerprint density at radius 2 is 2.00 bits per heavy atom. The van der Waals surface area contributed by atoms with Gasteiger partial charge in [0.15, 0.2) is 0 Å². The highest BCUT2D eigenvalue weighted by atomic mass is 35.5. The monoisotopic (exact) mass is 326 g/mol. The fourth-order valence-electron chi connectivity index (χ4n) is 2.05. The van der Waals surface area contributed by atoms with Crippen LogP contribution in [0, 0.1) is 5.92 Å². The van der Waals surface area contributed by atoms with Crippen LogP contribution in [0.4, 0.5) is 0 Å². The molecule has 6 heteroatoms. The second-order valence-electron chi connectivity index (χ2n) is 5.42. The van der Waals surface area contributed by atoms with E-state index in [0.717, 1.165) is 18.2 Å². The number of halogens is 1. The molecular weight excluding hydrogens is 308 g/mol. The average molecular weight is 327 g/mol. The number of nitrogens with one attached hydrogen (secondary N) is 1. The fraction of sp³-hybridized carbons (Fsp3) is 0.400. The maximum atomic E-state index is 12.2. The molecule has 0 amide bonds. The molecule has 2 aromatic rings. The Bertz CT molecular complexity index is 730. The first-order chi connectivity index (χ1) is 9.88. The van der Waals surface area contributed by atoms with E-state index in [1.54, 1.807) is 30.3 Å². The first-order valence-corrected chi connectivity index (χ1v) is 8.80. The molecule has 0 fully saturated rings. The van der Waals surface area contributed by atoms with E-state index in [2.05, 4.69) is 23.6 Å². The average Bonchev–Trinajstić information content (AvgIpc) is 2.43. The highest BCUT2D eigenvalue weighted by molar-refractivity contribution is 7.89. The fourth-order valence-corrected chi connectivity index (χ4v) is 3.31. The van der Waals surface area contributed by atoms with E-state index in [1.807, 2.05) is 0 Å². The van der Waals surface area contributed by atoms with Crippen LogP contribution in [0.3, 0.4) is 0 Å². The molecule has 0 unspecified atom stereocenters. The van der Waals surface area contributed by atoms with E-state index in [1.165, 1.54) is 0 Å². The van der Waals surface area contributed by atoms with Crippen LogP contribution in [-0.2, 0) is 10.0 Å². The molecule has 21 heavy (non-hydrogen) atoms. The second-order valence-corrected chi connectivity index (χ2v) is 7.58. The minimum Gasteiger partial charge on any atom is -0.236 e. The van der Waals surface area contributed by atoms with Crippen molar-refractivity contribution in [2.24, 2.45) is 5.92 Å². The van der Waals surface area contributed by atoms with Crippen LogP contribution in [-0.4, -0.2) is 19.9 Å². The lowest BCUT2D eigenvalue weighted by Crippen LogP contribution is -2.25. The maximum absolute atomic E-state index is 12.2. The van der Waals surface area contributed by atoms with Crippen LogP contribution in [0.15, 0.2) is 35.2 Å². The quantitative estimate of drug-likeness (QED) is 0.651. The van der Waals surface area contributed by atoms with Gasteiger partial charge in [-0.15, -0.1) is 0 Å². The van der Waals surface area contributed by atoms with Gasteiger partial charge in [-0.2, -0.15) is 0 Å². The molecule has 0 aliphatic rings. The Morgan fingerprint density at radius 3 is 2.71 bits per heavy atom. The van der Waals surface area contributed by atoms with E-state index in [4.69, 9.17) is 11.6 Å². The Balaban J connectivity index is 2.14. The number of hydrogen-bond donors (Lipinski definition) is 1. The van der Waals surface area contributed by atoms with Crippen molar-refractivity contribution in [2.75, 3.05) is 6.54 Å². The van der Waals surface area contributed by atoms with Gasteiger partial charge in [-0.25, -0.2) is 18.1 Å². The van der Waals surface area contributed by atoms with E-state index in [-0.39, 0.29) is 4.90 Å². The van der Waals surface area contributed by atoms with Crippen LogP contribution < -0.4 is 4.72 Å². The van der Waals surface area contributed by atoms with Crippen LogP contribution in [0.5, 0.6) is 0 Å². The third-order valence-corrected chi connectivity index (χ3v) is 4.86. The predicted octanol–water partition coefficient (Wildman–Crippen LogP) is 3.60. The van der Waals surface area contributed by atoms with Crippen LogP contribution in [0.2, 0.25) is 5.15 Å². The van der Waals surface area contributed by atoms with Crippen molar-refractivity contribution in [3.05, 3.63) is 35.5 Å². The summed E-state index contributed by atoms with van der Waals surface area (Å²) in [6.07, 6.45) is 1.84. The normalized spacial score (nSPS) is 12.2. The summed E-state index contributed by atoms with van der Waals surface area (Å²) in [5, 5.41) is 1.15. The van der Waals surface area contributed by atoms with E-state index in [9.17, 15) is 8.42 Å². The highest BCUT2D eigenvalue weighted by Gasteiger charge is 2.14. The van der Waals surface area contributed by atoms with Gasteiger partial charge >= 0.3 is 0 Å². The molecule has 0 atom stereocenters. The lowest BCUT2D eigenvalue weighted by Gasteiger charge is -2.08. The van der Waals surface area contributed by atoms with E-state index in [0.29, 0.717) is 23.1 Å². The van der Waals surface area contributed by atoms with Crippen molar-refractivity contribution in [2.45, 2.75) is 31.6 Å². The number of rotatable bonds is 6. The number of hydrogen-bond acceptors (Lipinski definition) is 3. The van der Waals surface area contributed by atoms with Crippen molar-refractivity contribution >= 4 is 32.5 Å². The SMILES string of the molecule is CC(C)CCCNS(=O)(=O)c1ccc2nc(Cl)ccc2c1. The molecule has 1 aromatic carbocycles. The van der Waals surface area contributed by atoms with Crippen molar-refractivity contribution in [3.63, 3.8) is 0 Å². The van der Waals surface area contributed by atoms with Gasteiger partial charge in [0.2, 0.25) is 10.0 Å². The molecule has 0 aliphatic carbocycles. The van der Waals surface area contributed by atoms with Gasteiger partial charge < -0.3 is 0 Å². The molecule has 4 nitrogen and oxygen atoms in total. The number of sulfonamides is 1. The molecule has 2 rings (SSSR count). The number of fused-ring (bicyclic) bond motifs is 1. The zero-order valence-corrected chi connectivity index (χ0v) is 13.7. The first-order valence-electron chi connectivity index (χ1n) is 6.94. The Morgan fingerprint density at radius 1 is 1.24 bits per heavy atom. The minimum absolute atomic E-state index is 0.253. The van der Waals surface area contributed by atoms with E-state index < -0.39 is 10.0 Å². The van der Waals surface area contributed by atoms with Crippen molar-refractivity contribution in [1.82, 2.24) is 9.71 Å². The Labute approximate surface area is 130 Å². The zero-order chi connectivity index (χ0) is 15.5. The van der Waals surface area contributed by atoms with Gasteiger partial charge in [0.05, 0.1) is 10.4 Å². The molecule has 0 saturated heterocycles. The Kier molecular flexibility index (Phi) is 5.19. The molecule has 114 valence electrons. The van der Waals surface area contributed by atoms with Gasteiger partial charge in [-0.3, -0.25) is 0 Å². The lowest BCUT2D eigenvalue weighted by molar-refractivity contribution is 0.540. The molecule has 1 N–H and O–H groups in total. The molecule has 0 saturated carbocycles. The van der Waals surface area contributed by atoms with E-state index >= 15 is 0 Å². The molecule has 0 bridgehead atoms. The summed E-state index contributed by atoms with van der Waals surface area (Å²) in [4.78, 5) is 4.40. The number of benzene rings is 1. The van der Waals surface area contributed by atoms with Gasteiger partial charge in [0.25, 0.3) is 0 Å². The predicted molar refractivity (Wildman–Crippen MR) is 86.0 cm³/mol. The first kappa shape index (κ1) is 16.2. The minimum atomic E-state index is -3.47. The van der Waals surface area contributed by atoms with Gasteiger partial charge in [0.1, 0.15) is 5.15 Å². The molecule has 1 aromatic heterocycles. The van der Waals surface area contributed by atoms with Crippen molar-refractivity contribution in [1.29, 1.82) is 0 Å². The summed E-state index contributed by atoms with van der Waals surface area (Å²) in [6.45, 7) is 4.70. The molecular formula is C15H19ClN2O2S. The topological polar surface area (TPSA) is 59.1 Å². The van der Waals surface area contributed by atoms with Crippen LogP contribution in [0.1, 0.15) is 26.7 Å². The van der Waals surface area contributed by atoms with Crippen LogP contribution in [0.25, 0.3) is 10.9 Å². The van der Waals surface area contributed by atoms with Gasteiger partial charge in [-0.1, -0.05) is 25.4 Å². The molecule has 0 radical (unpaired) electrons. The van der Waals surface area contributed by atoms with Gasteiger partial charge in [0, 0.05) is 11.9 Å². The molecule has 1 heterocycles. The standard InChI is InChI=1S/C15H19ClN2O2S/c1-11(2)4-3-9-17-21(19,20)13-6-7-14-12(10-13)5-8-15(16)18-14/h5-8,10-11,17H,3-4,9H2,1-2H3. The highest BCUT2D eigenvalue weighted by Crippen LogP contribution is 2.19. The largest absolute Gasteiger partial charge is 0.240 e. The molecule has 0 aliphatic heterocycles. The van der Waals surface area contributed by atoms with Crippen LogP contribution >= 0.6 is 11.6 Å². The maximum Gasteiger partial charge on any atom is 0.240 e. The summed E-state index contributed by atoms with van der Waals surface area (Å²) in [7, 11) is -3.47. The number of pyridine rings is 1. The Hall–Kier alpha value is -1.17. The summed E-state index contributed by atoms with van der Waals surface area (Å²) in [5.41, 5.74) is 0.682. The number of nitrogens with zero attached hydrogens (tertiary/aromatic N) is 1. The summed E-state index contributed by atoms with van der Waals surface area (Å²) >= 11 is 5.82. The molecule has 0 spiro atoms. The zero-order valence-electron chi connectivity index (χ0n) is 12.1. The van der Waals surface area contributed by atoms with Gasteiger partial charge in [-0.05, 0) is 49.1 Å². The summed E-state index contributed by atoms with van der Waals surface area (Å²) < 4.78 is 27.1. The summed E-state index contributed by atoms with van der Waals surface area (Å²) in [5.74, 6) is 0.575.